The summed E-state index contributed by atoms with van der Waals surface area (Å²) in [4.78, 5) is 37.9. The maximum Gasteiger partial charge on any atom is 0.276 e. The van der Waals surface area contributed by atoms with Crippen molar-refractivity contribution in [1.82, 2.24) is 16.2 Å². The Morgan fingerprint density at radius 1 is 0.969 bits per heavy atom. The molecule has 3 amide bonds. The van der Waals surface area contributed by atoms with Crippen LogP contribution < -0.4 is 20.9 Å². The molecule has 0 unspecified atom stereocenters. The molecule has 0 radical (unpaired) electrons. The SMILES string of the molecule is Cc1ccc(C)c(OCC(=O)NNC(=O)[C@H](Cc2ccccc2)NC(=O)c2cccs2)c1. The fourth-order valence-corrected chi connectivity index (χ4v) is 3.58. The zero-order valence-corrected chi connectivity index (χ0v) is 18.7. The summed E-state index contributed by atoms with van der Waals surface area (Å²) in [5.74, 6) is -0.779. The van der Waals surface area contributed by atoms with Crippen LogP contribution in [0, 0.1) is 13.8 Å². The van der Waals surface area contributed by atoms with Gasteiger partial charge in [0.15, 0.2) is 6.61 Å². The molecule has 1 heterocycles. The molecule has 0 aliphatic heterocycles. The summed E-state index contributed by atoms with van der Waals surface area (Å²) < 4.78 is 5.55. The predicted octanol–water partition coefficient (Wildman–Crippen LogP) is 2.93. The molecule has 2 aromatic carbocycles. The van der Waals surface area contributed by atoms with Crippen LogP contribution in [0.15, 0.2) is 66.0 Å². The number of nitrogens with one attached hydrogen (secondary N) is 3. The van der Waals surface area contributed by atoms with Crippen LogP contribution in [0.4, 0.5) is 0 Å². The fourth-order valence-electron chi connectivity index (χ4n) is 2.96. The third-order valence-corrected chi connectivity index (χ3v) is 5.55. The largest absolute Gasteiger partial charge is 0.483 e. The van der Waals surface area contributed by atoms with Crippen LogP contribution in [0.1, 0.15) is 26.4 Å². The van der Waals surface area contributed by atoms with Crippen molar-refractivity contribution in [1.29, 1.82) is 0 Å². The number of ether oxygens (including phenoxy) is 1. The van der Waals surface area contributed by atoms with Crippen molar-refractivity contribution in [2.45, 2.75) is 26.3 Å². The van der Waals surface area contributed by atoms with Crippen molar-refractivity contribution in [3.63, 3.8) is 0 Å². The van der Waals surface area contributed by atoms with E-state index in [1.54, 1.807) is 17.5 Å². The van der Waals surface area contributed by atoms with Crippen LogP contribution >= 0.6 is 11.3 Å². The second-order valence-corrected chi connectivity index (χ2v) is 8.24. The summed E-state index contributed by atoms with van der Waals surface area (Å²) in [6, 6.07) is 17.6. The van der Waals surface area contributed by atoms with Gasteiger partial charge in [-0.15, -0.1) is 11.3 Å². The highest BCUT2D eigenvalue weighted by Gasteiger charge is 2.23. The Morgan fingerprint density at radius 2 is 1.75 bits per heavy atom. The fraction of sp³-hybridized carbons (Fsp3) is 0.208. The number of aryl methyl sites for hydroxylation is 2. The van der Waals surface area contributed by atoms with Gasteiger partial charge in [0.2, 0.25) is 0 Å². The standard InChI is InChI=1S/C24H25N3O4S/c1-16-10-11-17(2)20(13-16)31-15-22(28)26-27-23(29)19(14-18-7-4-3-5-8-18)25-24(30)21-9-6-12-32-21/h3-13,19H,14-15H2,1-2H3,(H,25,30)(H,26,28)(H,27,29)/t19-/m0/s1. The van der Waals surface area contributed by atoms with Crippen LogP contribution in [0.3, 0.4) is 0 Å². The second kappa shape index (κ2) is 11.1. The van der Waals surface area contributed by atoms with E-state index < -0.39 is 17.9 Å². The van der Waals surface area contributed by atoms with Crippen molar-refractivity contribution in [3.8, 4) is 5.75 Å². The Hall–Kier alpha value is -3.65. The number of hydrazine groups is 1. The van der Waals surface area contributed by atoms with Gasteiger partial charge in [0.05, 0.1) is 4.88 Å². The smallest absolute Gasteiger partial charge is 0.276 e. The predicted molar refractivity (Wildman–Crippen MR) is 123 cm³/mol. The molecule has 7 nitrogen and oxygen atoms in total. The van der Waals surface area contributed by atoms with E-state index >= 15 is 0 Å². The number of hydrogen-bond donors (Lipinski definition) is 3. The van der Waals surface area contributed by atoms with E-state index in [0.717, 1.165) is 16.7 Å². The van der Waals surface area contributed by atoms with Crippen LogP contribution in [0.2, 0.25) is 0 Å². The molecule has 0 spiro atoms. The highest BCUT2D eigenvalue weighted by Crippen LogP contribution is 2.18. The average molecular weight is 452 g/mol. The summed E-state index contributed by atoms with van der Waals surface area (Å²) >= 11 is 1.29. The highest BCUT2D eigenvalue weighted by atomic mass is 32.1. The first-order chi connectivity index (χ1) is 15.4. The van der Waals surface area contributed by atoms with Gasteiger partial charge in [0.25, 0.3) is 17.7 Å². The molecule has 1 aromatic heterocycles. The van der Waals surface area contributed by atoms with Gasteiger partial charge in [-0.1, -0.05) is 48.5 Å². The van der Waals surface area contributed by atoms with Gasteiger partial charge in [-0.25, -0.2) is 0 Å². The summed E-state index contributed by atoms with van der Waals surface area (Å²) in [5.41, 5.74) is 7.54. The van der Waals surface area contributed by atoms with Gasteiger partial charge >= 0.3 is 0 Å². The number of rotatable bonds is 8. The van der Waals surface area contributed by atoms with E-state index in [9.17, 15) is 14.4 Å². The van der Waals surface area contributed by atoms with Crippen molar-refractivity contribution >= 4 is 29.1 Å². The molecule has 0 aliphatic carbocycles. The van der Waals surface area contributed by atoms with E-state index in [-0.39, 0.29) is 18.9 Å². The maximum atomic E-state index is 12.8. The minimum atomic E-state index is -0.868. The van der Waals surface area contributed by atoms with Gasteiger partial charge in [0.1, 0.15) is 11.8 Å². The van der Waals surface area contributed by atoms with Crippen molar-refractivity contribution in [2.24, 2.45) is 0 Å². The zero-order valence-electron chi connectivity index (χ0n) is 17.9. The second-order valence-electron chi connectivity index (χ2n) is 7.29. The molecule has 32 heavy (non-hydrogen) atoms. The molecule has 0 fully saturated rings. The molecular weight excluding hydrogens is 426 g/mol. The molecule has 0 bridgehead atoms. The van der Waals surface area contributed by atoms with Crippen LogP contribution in [-0.4, -0.2) is 30.4 Å². The number of carbonyl (C=O) groups is 3. The van der Waals surface area contributed by atoms with Gasteiger partial charge in [-0.3, -0.25) is 25.2 Å². The maximum absolute atomic E-state index is 12.8. The number of benzene rings is 2. The van der Waals surface area contributed by atoms with E-state index in [1.165, 1.54) is 11.3 Å². The lowest BCUT2D eigenvalue weighted by molar-refractivity contribution is -0.130. The minimum absolute atomic E-state index is 0.254. The molecule has 8 heteroatoms. The topological polar surface area (TPSA) is 96.5 Å². The Labute approximate surface area is 190 Å². The molecule has 3 rings (SSSR count). The molecule has 3 N–H and O–H groups in total. The normalized spacial score (nSPS) is 11.3. The van der Waals surface area contributed by atoms with Crippen molar-refractivity contribution in [3.05, 3.63) is 87.6 Å². The van der Waals surface area contributed by atoms with Crippen molar-refractivity contribution in [2.75, 3.05) is 6.61 Å². The third-order valence-electron chi connectivity index (χ3n) is 4.68. The lowest BCUT2D eigenvalue weighted by Crippen LogP contribution is -2.53. The third kappa shape index (κ3) is 6.68. The highest BCUT2D eigenvalue weighted by molar-refractivity contribution is 7.12. The number of hydrogen-bond acceptors (Lipinski definition) is 5. The summed E-state index contributed by atoms with van der Waals surface area (Å²) in [6.45, 7) is 3.57. The van der Waals surface area contributed by atoms with E-state index in [2.05, 4.69) is 16.2 Å². The summed E-state index contributed by atoms with van der Waals surface area (Å²) in [6.07, 6.45) is 0.276. The van der Waals surface area contributed by atoms with E-state index in [4.69, 9.17) is 4.74 Å². The summed E-state index contributed by atoms with van der Waals surface area (Å²) in [5, 5.41) is 4.53. The number of thiophene rings is 1. The molecular formula is C24H25N3O4S. The first kappa shape index (κ1) is 23.0. The Morgan fingerprint density at radius 3 is 2.47 bits per heavy atom. The van der Waals surface area contributed by atoms with Crippen LogP contribution in [-0.2, 0) is 16.0 Å². The number of carbonyl (C=O) groups excluding carboxylic acids is 3. The molecule has 0 aliphatic rings. The minimum Gasteiger partial charge on any atom is -0.483 e. The molecule has 0 saturated heterocycles. The Kier molecular flexibility index (Phi) is 7.99. The first-order valence-electron chi connectivity index (χ1n) is 10.1. The number of amides is 3. The first-order valence-corrected chi connectivity index (χ1v) is 11.0. The van der Waals surface area contributed by atoms with Gasteiger partial charge in [0, 0.05) is 6.42 Å². The van der Waals surface area contributed by atoms with Crippen molar-refractivity contribution < 1.29 is 19.1 Å². The molecule has 166 valence electrons. The van der Waals surface area contributed by atoms with Gasteiger partial charge < -0.3 is 10.1 Å². The lowest BCUT2D eigenvalue weighted by atomic mass is 10.1. The van der Waals surface area contributed by atoms with Crippen LogP contribution in [0.25, 0.3) is 0 Å². The molecule has 0 saturated carbocycles. The Balaban J connectivity index is 1.57. The van der Waals surface area contributed by atoms with Gasteiger partial charge in [-0.05, 0) is 48.1 Å². The average Bonchev–Trinajstić information content (AvgIpc) is 3.33. The molecule has 3 aromatic rings. The zero-order chi connectivity index (χ0) is 22.9. The summed E-state index contributed by atoms with van der Waals surface area (Å²) in [7, 11) is 0. The van der Waals surface area contributed by atoms with Gasteiger partial charge in [-0.2, -0.15) is 0 Å². The lowest BCUT2D eigenvalue weighted by Gasteiger charge is -2.19. The molecule has 1 atom stereocenters. The quantitative estimate of drug-likeness (QED) is 0.459. The van der Waals surface area contributed by atoms with Crippen LogP contribution in [0.5, 0.6) is 5.75 Å². The van der Waals surface area contributed by atoms with E-state index in [1.807, 2.05) is 62.4 Å². The Bertz CT molecular complexity index is 1070. The van der Waals surface area contributed by atoms with E-state index in [0.29, 0.717) is 10.6 Å². The monoisotopic (exact) mass is 451 g/mol.